The number of nitrogen functional groups attached to an aromatic ring is 1. The molecule has 1 aliphatic heterocycles. The van der Waals surface area contributed by atoms with Gasteiger partial charge in [0.05, 0.1) is 0 Å². The van der Waals surface area contributed by atoms with E-state index in [9.17, 15) is 4.79 Å². The predicted molar refractivity (Wildman–Crippen MR) is 102 cm³/mol. The molecule has 1 aromatic carbocycles. The lowest BCUT2D eigenvalue weighted by Crippen LogP contribution is -2.45. The Morgan fingerprint density at radius 3 is 2.56 bits per heavy atom. The Labute approximate surface area is 151 Å². The van der Waals surface area contributed by atoms with Crippen LogP contribution in [0.3, 0.4) is 0 Å². The van der Waals surface area contributed by atoms with Crippen LogP contribution in [0.1, 0.15) is 52.0 Å². The molecular weight excluding hydrogens is 314 g/mol. The molecule has 138 valence electrons. The SMILES string of the molecule is CN(C(=O)OC(C)(C)C)C1CCC(N2CCc3cc(N)ccc32)CC1. The van der Waals surface area contributed by atoms with Crippen molar-refractivity contribution in [3.8, 4) is 0 Å². The van der Waals surface area contributed by atoms with Crippen molar-refractivity contribution in [2.75, 3.05) is 24.2 Å². The van der Waals surface area contributed by atoms with E-state index >= 15 is 0 Å². The van der Waals surface area contributed by atoms with E-state index in [0.717, 1.165) is 44.3 Å². The predicted octanol–water partition coefficient (Wildman–Crippen LogP) is 3.81. The van der Waals surface area contributed by atoms with Crippen LogP contribution in [0.25, 0.3) is 0 Å². The molecular formula is C20H31N3O2. The highest BCUT2D eigenvalue weighted by molar-refractivity contribution is 5.68. The Balaban J connectivity index is 1.57. The maximum Gasteiger partial charge on any atom is 0.410 e. The first kappa shape index (κ1) is 17.9. The number of carbonyl (C=O) groups is 1. The number of anilines is 2. The van der Waals surface area contributed by atoms with Gasteiger partial charge in [0.1, 0.15) is 5.60 Å². The van der Waals surface area contributed by atoms with Crippen LogP contribution in [0.15, 0.2) is 18.2 Å². The number of amides is 1. The molecule has 0 saturated heterocycles. The number of ether oxygens (including phenoxy) is 1. The molecule has 1 saturated carbocycles. The topological polar surface area (TPSA) is 58.8 Å². The molecule has 1 aliphatic carbocycles. The molecule has 0 bridgehead atoms. The quantitative estimate of drug-likeness (QED) is 0.828. The minimum absolute atomic E-state index is 0.210. The third-order valence-corrected chi connectivity index (χ3v) is 5.37. The second kappa shape index (κ2) is 6.77. The normalized spacial score (nSPS) is 23.3. The number of nitrogens with zero attached hydrogens (tertiary/aromatic N) is 2. The van der Waals surface area contributed by atoms with Gasteiger partial charge in [0, 0.05) is 37.1 Å². The van der Waals surface area contributed by atoms with E-state index in [2.05, 4.69) is 17.0 Å². The van der Waals surface area contributed by atoms with E-state index in [-0.39, 0.29) is 12.1 Å². The van der Waals surface area contributed by atoms with Crippen LogP contribution in [-0.2, 0) is 11.2 Å². The highest BCUT2D eigenvalue weighted by Gasteiger charge is 2.33. The smallest absolute Gasteiger partial charge is 0.410 e. The van der Waals surface area contributed by atoms with Gasteiger partial charge in [-0.15, -0.1) is 0 Å². The molecule has 0 unspecified atom stereocenters. The van der Waals surface area contributed by atoms with Gasteiger partial charge in [0.25, 0.3) is 0 Å². The highest BCUT2D eigenvalue weighted by Crippen LogP contribution is 2.36. The van der Waals surface area contributed by atoms with Gasteiger partial charge < -0.3 is 20.3 Å². The molecule has 5 nitrogen and oxygen atoms in total. The Bertz CT molecular complexity index is 630. The van der Waals surface area contributed by atoms with Crippen molar-refractivity contribution in [3.05, 3.63) is 23.8 Å². The molecule has 1 amide bonds. The van der Waals surface area contributed by atoms with E-state index in [4.69, 9.17) is 10.5 Å². The van der Waals surface area contributed by atoms with Gasteiger partial charge >= 0.3 is 6.09 Å². The van der Waals surface area contributed by atoms with Gasteiger partial charge in [-0.3, -0.25) is 0 Å². The number of nitrogens with two attached hydrogens (primary N) is 1. The van der Waals surface area contributed by atoms with Gasteiger partial charge in [-0.05, 0) is 76.6 Å². The number of hydrogen-bond acceptors (Lipinski definition) is 4. The summed E-state index contributed by atoms with van der Waals surface area (Å²) in [5.74, 6) is 0. The van der Waals surface area contributed by atoms with Crippen molar-refractivity contribution >= 4 is 17.5 Å². The molecule has 3 rings (SSSR count). The number of fused-ring (bicyclic) bond motifs is 1. The minimum atomic E-state index is -0.441. The molecule has 2 aliphatic rings. The fourth-order valence-corrected chi connectivity index (χ4v) is 4.07. The first-order chi connectivity index (χ1) is 11.7. The van der Waals surface area contributed by atoms with Crippen LogP contribution in [0.2, 0.25) is 0 Å². The lowest BCUT2D eigenvalue weighted by atomic mass is 9.89. The third kappa shape index (κ3) is 4.02. The van der Waals surface area contributed by atoms with Crippen molar-refractivity contribution in [1.29, 1.82) is 0 Å². The Hall–Kier alpha value is -1.91. The van der Waals surface area contributed by atoms with Crippen LogP contribution < -0.4 is 10.6 Å². The molecule has 0 aromatic heterocycles. The lowest BCUT2D eigenvalue weighted by Gasteiger charge is -2.39. The summed E-state index contributed by atoms with van der Waals surface area (Å²) in [4.78, 5) is 16.6. The van der Waals surface area contributed by atoms with Gasteiger partial charge in [0.15, 0.2) is 0 Å². The maximum absolute atomic E-state index is 12.3. The zero-order chi connectivity index (χ0) is 18.2. The van der Waals surface area contributed by atoms with Gasteiger partial charge in [0.2, 0.25) is 0 Å². The van der Waals surface area contributed by atoms with Gasteiger partial charge in [-0.1, -0.05) is 0 Å². The first-order valence-corrected chi connectivity index (χ1v) is 9.35. The second-order valence-electron chi connectivity index (χ2n) is 8.39. The molecule has 1 heterocycles. The van der Waals surface area contributed by atoms with Crippen LogP contribution in [0.4, 0.5) is 16.2 Å². The standard InChI is InChI=1S/C20H31N3O2/c1-20(2,3)25-19(24)22(4)16-6-8-17(9-7-16)23-12-11-14-13-15(21)5-10-18(14)23/h5,10,13,16-17H,6-9,11-12,21H2,1-4H3. The summed E-state index contributed by atoms with van der Waals surface area (Å²) in [7, 11) is 1.87. The maximum atomic E-state index is 12.3. The van der Waals surface area contributed by atoms with Crippen molar-refractivity contribution in [2.24, 2.45) is 0 Å². The van der Waals surface area contributed by atoms with E-state index in [0.29, 0.717) is 6.04 Å². The number of rotatable bonds is 2. The first-order valence-electron chi connectivity index (χ1n) is 9.35. The molecule has 25 heavy (non-hydrogen) atoms. The molecule has 1 aromatic rings. The van der Waals surface area contributed by atoms with E-state index in [1.165, 1.54) is 11.3 Å². The molecule has 5 heteroatoms. The Morgan fingerprint density at radius 2 is 1.92 bits per heavy atom. The summed E-state index contributed by atoms with van der Waals surface area (Å²) >= 11 is 0. The van der Waals surface area contributed by atoms with Crippen molar-refractivity contribution < 1.29 is 9.53 Å². The summed E-state index contributed by atoms with van der Waals surface area (Å²) in [6, 6.07) is 7.11. The largest absolute Gasteiger partial charge is 0.444 e. The van der Waals surface area contributed by atoms with E-state index < -0.39 is 5.60 Å². The summed E-state index contributed by atoms with van der Waals surface area (Å²) in [5, 5.41) is 0. The number of hydrogen-bond donors (Lipinski definition) is 1. The van der Waals surface area contributed by atoms with Gasteiger partial charge in [-0.2, -0.15) is 0 Å². The highest BCUT2D eigenvalue weighted by atomic mass is 16.6. The molecule has 0 radical (unpaired) electrons. The van der Waals surface area contributed by atoms with E-state index in [1.807, 2.05) is 33.9 Å². The van der Waals surface area contributed by atoms with Crippen LogP contribution >= 0.6 is 0 Å². The van der Waals surface area contributed by atoms with Crippen molar-refractivity contribution in [2.45, 2.75) is 70.6 Å². The zero-order valence-corrected chi connectivity index (χ0v) is 15.9. The molecule has 1 fully saturated rings. The fourth-order valence-electron chi connectivity index (χ4n) is 4.07. The monoisotopic (exact) mass is 345 g/mol. The minimum Gasteiger partial charge on any atom is -0.444 e. The van der Waals surface area contributed by atoms with Crippen LogP contribution in [0.5, 0.6) is 0 Å². The zero-order valence-electron chi connectivity index (χ0n) is 15.9. The fraction of sp³-hybridized carbons (Fsp3) is 0.650. The molecule has 2 N–H and O–H groups in total. The van der Waals surface area contributed by atoms with Crippen molar-refractivity contribution in [1.82, 2.24) is 4.90 Å². The summed E-state index contributed by atoms with van der Waals surface area (Å²) in [5.41, 5.74) is 9.03. The number of carbonyl (C=O) groups excluding carboxylic acids is 1. The van der Waals surface area contributed by atoms with Crippen LogP contribution in [-0.4, -0.2) is 42.3 Å². The Morgan fingerprint density at radius 1 is 1.24 bits per heavy atom. The third-order valence-electron chi connectivity index (χ3n) is 5.37. The summed E-state index contributed by atoms with van der Waals surface area (Å²) < 4.78 is 5.50. The molecule has 0 atom stereocenters. The number of benzene rings is 1. The summed E-state index contributed by atoms with van der Waals surface area (Å²) in [6.45, 7) is 6.81. The average molecular weight is 345 g/mol. The Kier molecular flexibility index (Phi) is 4.85. The van der Waals surface area contributed by atoms with Crippen LogP contribution in [0, 0.1) is 0 Å². The summed E-state index contributed by atoms with van der Waals surface area (Å²) in [6.07, 6.45) is 5.15. The second-order valence-corrected chi connectivity index (χ2v) is 8.39. The van der Waals surface area contributed by atoms with E-state index in [1.54, 1.807) is 4.90 Å². The lowest BCUT2D eigenvalue weighted by molar-refractivity contribution is 0.0183. The molecule has 0 spiro atoms. The van der Waals surface area contributed by atoms with Gasteiger partial charge in [-0.25, -0.2) is 4.79 Å². The average Bonchev–Trinajstić information content (AvgIpc) is 2.95. The van der Waals surface area contributed by atoms with Crippen molar-refractivity contribution in [3.63, 3.8) is 0 Å².